The van der Waals surface area contributed by atoms with Crippen molar-refractivity contribution in [3.8, 4) is 22.8 Å². The molecule has 0 aliphatic carbocycles. The predicted molar refractivity (Wildman–Crippen MR) is 146 cm³/mol. The van der Waals surface area contributed by atoms with Gasteiger partial charge in [0, 0.05) is 11.3 Å². The van der Waals surface area contributed by atoms with Gasteiger partial charge in [-0.2, -0.15) is 4.68 Å². The third-order valence-electron chi connectivity index (χ3n) is 6.75. The van der Waals surface area contributed by atoms with Crippen molar-refractivity contribution in [3.63, 3.8) is 0 Å². The Kier molecular flexibility index (Phi) is 7.25. The first-order valence-corrected chi connectivity index (χ1v) is 13.0. The maximum absolute atomic E-state index is 5.24. The van der Waals surface area contributed by atoms with E-state index in [0.29, 0.717) is 23.7 Å². The lowest BCUT2D eigenvalue weighted by Crippen LogP contribution is -2.35. The highest BCUT2D eigenvalue weighted by atomic mass is 15.4. The van der Waals surface area contributed by atoms with Gasteiger partial charge in [-0.1, -0.05) is 122 Å². The zero-order valence-electron chi connectivity index (χ0n) is 22.5. The molecule has 4 rings (SSSR count). The molecule has 0 amide bonds. The number of para-hydroxylation sites is 2. The molecule has 35 heavy (non-hydrogen) atoms. The summed E-state index contributed by atoms with van der Waals surface area (Å²) in [5.41, 5.74) is 8.66. The van der Waals surface area contributed by atoms with Crippen LogP contribution in [0.1, 0.15) is 101 Å². The van der Waals surface area contributed by atoms with E-state index in [1.165, 1.54) is 27.9 Å². The molecule has 0 fully saturated rings. The fraction of sp³-hybridized carbons (Fsp3) is 0.375. The third kappa shape index (κ3) is 4.82. The molecule has 1 heterocycles. The average molecular weight is 466 g/mol. The van der Waals surface area contributed by atoms with E-state index in [0.717, 1.165) is 17.1 Å². The topological polar surface area (TPSA) is 21.7 Å². The third-order valence-corrected chi connectivity index (χ3v) is 6.75. The van der Waals surface area contributed by atoms with Crippen LogP contribution < -0.4 is 4.57 Å². The maximum Gasteiger partial charge on any atom is 0.231 e. The van der Waals surface area contributed by atoms with Gasteiger partial charge in [-0.25, -0.2) is 0 Å². The summed E-state index contributed by atoms with van der Waals surface area (Å²) in [4.78, 5) is 0. The van der Waals surface area contributed by atoms with Gasteiger partial charge in [0.05, 0.1) is 5.69 Å². The van der Waals surface area contributed by atoms with Crippen LogP contribution in [-0.4, -0.2) is 9.78 Å². The minimum atomic E-state index is 0.379. The summed E-state index contributed by atoms with van der Waals surface area (Å²) in [6.45, 7) is 18.1. The molecule has 0 aliphatic heterocycles. The molecule has 0 spiro atoms. The monoisotopic (exact) mass is 465 g/mol. The maximum atomic E-state index is 5.24. The first-order valence-electron chi connectivity index (χ1n) is 13.0. The van der Waals surface area contributed by atoms with E-state index in [4.69, 9.17) is 5.10 Å². The minimum absolute atomic E-state index is 0.379. The Morgan fingerprint density at radius 1 is 0.600 bits per heavy atom. The van der Waals surface area contributed by atoms with Crippen molar-refractivity contribution < 1.29 is 4.57 Å². The summed E-state index contributed by atoms with van der Waals surface area (Å²) < 4.78 is 4.22. The molecular weight excluding hydrogens is 426 g/mol. The Morgan fingerprint density at radius 2 is 1.06 bits per heavy atom. The van der Waals surface area contributed by atoms with Gasteiger partial charge < -0.3 is 4.57 Å². The van der Waals surface area contributed by atoms with Gasteiger partial charge in [0.15, 0.2) is 0 Å². The SMILES string of the molecule is CC(C)c1cccc(C(C)C)c1-n1[c-][n+](-c2c(C(C)C)cccc2C(C)C)c(-c2ccccc2)n1. The average Bonchev–Trinajstić information content (AvgIpc) is 3.28. The standard InChI is InChI=1S/C32H39N3/c1-21(2)26-16-12-17-27(22(3)4)30(26)34-20-35(33-32(34)25-14-10-9-11-15-25)31-28(23(5)6)18-13-19-29(31)24(7)8/h9-19,21-24H,1-8H3. The second kappa shape index (κ2) is 10.2. The quantitative estimate of drug-likeness (QED) is 0.199. The van der Waals surface area contributed by atoms with Crippen LogP contribution in [0.2, 0.25) is 0 Å². The van der Waals surface area contributed by atoms with E-state index < -0.39 is 0 Å². The summed E-state index contributed by atoms with van der Waals surface area (Å²) in [6.07, 6.45) is 3.72. The summed E-state index contributed by atoms with van der Waals surface area (Å²) in [5.74, 6) is 2.43. The van der Waals surface area contributed by atoms with Crippen molar-refractivity contribution in [1.29, 1.82) is 0 Å². The first kappa shape index (κ1) is 24.9. The van der Waals surface area contributed by atoms with E-state index in [1.807, 2.05) is 4.68 Å². The second-order valence-electron chi connectivity index (χ2n) is 10.7. The Bertz CT molecular complexity index is 1240. The van der Waals surface area contributed by atoms with E-state index in [9.17, 15) is 0 Å². The highest BCUT2D eigenvalue weighted by molar-refractivity contribution is 5.56. The number of rotatable bonds is 7. The van der Waals surface area contributed by atoms with Gasteiger partial charge in [0.1, 0.15) is 0 Å². The molecule has 0 N–H and O–H groups in total. The van der Waals surface area contributed by atoms with Gasteiger partial charge in [-0.3, -0.25) is 0 Å². The smallest absolute Gasteiger partial charge is 0.231 e. The fourth-order valence-corrected chi connectivity index (χ4v) is 4.86. The van der Waals surface area contributed by atoms with Crippen LogP contribution in [0, 0.1) is 6.33 Å². The molecule has 3 heteroatoms. The molecule has 4 aromatic rings. The molecule has 1 aromatic heterocycles. The highest BCUT2D eigenvalue weighted by Gasteiger charge is 2.24. The summed E-state index contributed by atoms with van der Waals surface area (Å²) in [5, 5.41) is 5.24. The molecule has 0 radical (unpaired) electrons. The molecule has 0 unspecified atom stereocenters. The number of aromatic nitrogens is 3. The van der Waals surface area contributed by atoms with Crippen molar-refractivity contribution in [2.24, 2.45) is 0 Å². The Labute approximate surface area is 211 Å². The lowest BCUT2D eigenvalue weighted by molar-refractivity contribution is -0.590. The Balaban J connectivity index is 2.10. The molecular formula is C32H39N3. The van der Waals surface area contributed by atoms with Crippen LogP contribution >= 0.6 is 0 Å². The molecule has 3 nitrogen and oxygen atoms in total. The lowest BCUT2D eigenvalue weighted by atomic mass is 9.92. The van der Waals surface area contributed by atoms with Gasteiger partial charge in [0.2, 0.25) is 12.2 Å². The lowest BCUT2D eigenvalue weighted by Gasteiger charge is -2.22. The van der Waals surface area contributed by atoms with E-state index in [2.05, 4.69) is 133 Å². The van der Waals surface area contributed by atoms with Crippen molar-refractivity contribution >= 4 is 0 Å². The predicted octanol–water partition coefficient (Wildman–Crippen LogP) is 8.11. The highest BCUT2D eigenvalue weighted by Crippen LogP contribution is 2.33. The molecule has 3 aromatic carbocycles. The molecule has 182 valence electrons. The van der Waals surface area contributed by atoms with Gasteiger partial charge in [-0.05, 0) is 51.0 Å². The number of hydrogen-bond donors (Lipinski definition) is 0. The van der Waals surface area contributed by atoms with Crippen molar-refractivity contribution in [2.75, 3.05) is 0 Å². The Hall–Kier alpha value is -3.20. The van der Waals surface area contributed by atoms with Gasteiger partial charge >= 0.3 is 0 Å². The number of nitrogens with zero attached hydrogens (tertiary/aromatic N) is 3. The van der Waals surface area contributed by atoms with Crippen LogP contribution in [0.5, 0.6) is 0 Å². The van der Waals surface area contributed by atoms with E-state index >= 15 is 0 Å². The normalized spacial score (nSPS) is 11.9. The Morgan fingerprint density at radius 3 is 1.51 bits per heavy atom. The molecule has 0 saturated carbocycles. The molecule has 0 aliphatic rings. The van der Waals surface area contributed by atoms with Crippen molar-refractivity contribution in [1.82, 2.24) is 9.78 Å². The van der Waals surface area contributed by atoms with Crippen LogP contribution in [0.25, 0.3) is 22.8 Å². The van der Waals surface area contributed by atoms with Crippen LogP contribution in [0.15, 0.2) is 66.7 Å². The zero-order valence-corrected chi connectivity index (χ0v) is 22.5. The van der Waals surface area contributed by atoms with E-state index in [-0.39, 0.29) is 0 Å². The largest absolute Gasteiger partial charge is 0.314 e. The number of benzene rings is 3. The van der Waals surface area contributed by atoms with Crippen LogP contribution in [-0.2, 0) is 0 Å². The zero-order chi connectivity index (χ0) is 25.3. The number of hydrogen-bond acceptors (Lipinski definition) is 1. The van der Waals surface area contributed by atoms with Crippen molar-refractivity contribution in [3.05, 3.63) is 95.3 Å². The van der Waals surface area contributed by atoms with Gasteiger partial charge in [-0.15, -0.1) is 0 Å². The van der Waals surface area contributed by atoms with E-state index in [1.54, 1.807) is 0 Å². The molecule has 0 bridgehead atoms. The minimum Gasteiger partial charge on any atom is -0.314 e. The molecule has 0 saturated heterocycles. The summed E-state index contributed by atoms with van der Waals surface area (Å²) in [6, 6.07) is 23.8. The summed E-state index contributed by atoms with van der Waals surface area (Å²) in [7, 11) is 0. The van der Waals surface area contributed by atoms with Crippen molar-refractivity contribution in [2.45, 2.75) is 79.1 Å². The molecule has 0 atom stereocenters. The van der Waals surface area contributed by atoms with Gasteiger partial charge in [0.25, 0.3) is 0 Å². The first-order chi connectivity index (χ1) is 16.7. The summed E-state index contributed by atoms with van der Waals surface area (Å²) >= 11 is 0. The fourth-order valence-electron chi connectivity index (χ4n) is 4.86. The van der Waals surface area contributed by atoms with Crippen LogP contribution in [0.4, 0.5) is 0 Å². The second-order valence-corrected chi connectivity index (χ2v) is 10.7. The van der Waals surface area contributed by atoms with Crippen LogP contribution in [0.3, 0.4) is 0 Å².